The molecule has 17 heavy (non-hydrogen) atoms. The molecule has 0 amide bonds. The van der Waals surface area contributed by atoms with Gasteiger partial charge in [0.15, 0.2) is 5.75 Å². The third-order valence-electron chi connectivity index (χ3n) is 2.28. The van der Waals surface area contributed by atoms with Crippen molar-refractivity contribution < 1.29 is 9.47 Å². The van der Waals surface area contributed by atoms with Crippen molar-refractivity contribution in [3.63, 3.8) is 0 Å². The first-order chi connectivity index (χ1) is 8.20. The quantitative estimate of drug-likeness (QED) is 0.684. The number of benzene rings is 2. The largest absolute Gasteiger partial charge is 0.497 e. The number of para-hydroxylation sites is 1. The molecule has 0 spiro atoms. The van der Waals surface area contributed by atoms with Crippen molar-refractivity contribution in [1.82, 2.24) is 0 Å². The Bertz CT molecular complexity index is 529. The standard InChI is InChI=1S/C13H12INO2/c1-16-9-6-7-11(15)13(8-9)17-12-5-3-2-4-10(12)14/h2-8H,15H2,1H3. The van der Waals surface area contributed by atoms with Gasteiger partial charge in [-0.3, -0.25) is 0 Å². The monoisotopic (exact) mass is 341 g/mol. The summed E-state index contributed by atoms with van der Waals surface area (Å²) in [5, 5.41) is 0. The van der Waals surface area contributed by atoms with Gasteiger partial charge in [0.1, 0.15) is 11.5 Å². The fourth-order valence-electron chi connectivity index (χ4n) is 1.38. The highest BCUT2D eigenvalue weighted by molar-refractivity contribution is 14.1. The lowest BCUT2D eigenvalue weighted by atomic mass is 10.2. The van der Waals surface area contributed by atoms with Crippen LogP contribution in [0.2, 0.25) is 0 Å². The molecule has 0 aliphatic carbocycles. The number of hydrogen-bond acceptors (Lipinski definition) is 3. The SMILES string of the molecule is COc1ccc(N)c(Oc2ccccc2I)c1. The fraction of sp³-hybridized carbons (Fsp3) is 0.0769. The van der Waals surface area contributed by atoms with Crippen LogP contribution in [0.15, 0.2) is 42.5 Å². The maximum Gasteiger partial charge on any atom is 0.154 e. The Morgan fingerprint density at radius 2 is 1.82 bits per heavy atom. The smallest absolute Gasteiger partial charge is 0.154 e. The lowest BCUT2D eigenvalue weighted by Crippen LogP contribution is -1.94. The van der Waals surface area contributed by atoms with E-state index >= 15 is 0 Å². The van der Waals surface area contributed by atoms with E-state index in [9.17, 15) is 0 Å². The Kier molecular flexibility index (Phi) is 3.73. The Morgan fingerprint density at radius 1 is 1.06 bits per heavy atom. The summed E-state index contributed by atoms with van der Waals surface area (Å²) in [6.07, 6.45) is 0. The number of anilines is 1. The Labute approximate surface area is 114 Å². The van der Waals surface area contributed by atoms with Crippen LogP contribution in [0.5, 0.6) is 17.2 Å². The number of methoxy groups -OCH3 is 1. The van der Waals surface area contributed by atoms with Crippen LogP contribution < -0.4 is 15.2 Å². The summed E-state index contributed by atoms with van der Waals surface area (Å²) in [5.41, 5.74) is 6.45. The van der Waals surface area contributed by atoms with Crippen molar-refractivity contribution in [1.29, 1.82) is 0 Å². The molecule has 0 aromatic heterocycles. The van der Waals surface area contributed by atoms with E-state index in [4.69, 9.17) is 15.2 Å². The molecule has 0 radical (unpaired) electrons. The average molecular weight is 341 g/mol. The van der Waals surface area contributed by atoms with Crippen LogP contribution in [-0.2, 0) is 0 Å². The number of nitrogens with two attached hydrogens (primary N) is 1. The molecule has 3 nitrogen and oxygen atoms in total. The van der Waals surface area contributed by atoms with Gasteiger partial charge in [-0.25, -0.2) is 0 Å². The third kappa shape index (κ3) is 2.82. The number of halogens is 1. The van der Waals surface area contributed by atoms with E-state index in [0.717, 1.165) is 15.1 Å². The first-order valence-electron chi connectivity index (χ1n) is 5.06. The van der Waals surface area contributed by atoms with Gasteiger partial charge in [-0.05, 0) is 46.9 Å². The molecule has 88 valence electrons. The van der Waals surface area contributed by atoms with E-state index in [1.807, 2.05) is 24.3 Å². The Hall–Kier alpha value is -1.43. The second-order valence-electron chi connectivity index (χ2n) is 3.44. The molecule has 0 aliphatic rings. The van der Waals surface area contributed by atoms with E-state index in [2.05, 4.69) is 22.6 Å². The third-order valence-corrected chi connectivity index (χ3v) is 3.17. The molecule has 2 aromatic carbocycles. The predicted octanol–water partition coefficient (Wildman–Crippen LogP) is 3.67. The summed E-state index contributed by atoms with van der Waals surface area (Å²) < 4.78 is 11.9. The van der Waals surface area contributed by atoms with Crippen LogP contribution >= 0.6 is 22.6 Å². The van der Waals surface area contributed by atoms with Crippen LogP contribution in [0.4, 0.5) is 5.69 Å². The molecule has 0 atom stereocenters. The first-order valence-corrected chi connectivity index (χ1v) is 6.14. The lowest BCUT2D eigenvalue weighted by Gasteiger charge is -2.11. The number of rotatable bonds is 3. The molecule has 0 unspecified atom stereocenters. The topological polar surface area (TPSA) is 44.5 Å². The minimum absolute atomic E-state index is 0.588. The minimum Gasteiger partial charge on any atom is -0.497 e. The number of nitrogen functional groups attached to an aromatic ring is 1. The fourth-order valence-corrected chi connectivity index (χ4v) is 1.87. The molecular weight excluding hydrogens is 329 g/mol. The molecular formula is C13H12INO2. The zero-order chi connectivity index (χ0) is 12.3. The maximum atomic E-state index is 5.86. The number of hydrogen-bond donors (Lipinski definition) is 1. The van der Waals surface area contributed by atoms with Gasteiger partial charge in [0, 0.05) is 6.07 Å². The normalized spacial score (nSPS) is 10.0. The highest BCUT2D eigenvalue weighted by Gasteiger charge is 2.06. The molecule has 2 aromatic rings. The van der Waals surface area contributed by atoms with Crippen LogP contribution in [0.3, 0.4) is 0 Å². The van der Waals surface area contributed by atoms with Gasteiger partial charge >= 0.3 is 0 Å². The zero-order valence-electron chi connectivity index (χ0n) is 9.31. The molecule has 2 rings (SSSR count). The van der Waals surface area contributed by atoms with Crippen molar-refractivity contribution in [2.75, 3.05) is 12.8 Å². The summed E-state index contributed by atoms with van der Waals surface area (Å²) in [6.45, 7) is 0. The molecule has 2 N–H and O–H groups in total. The van der Waals surface area contributed by atoms with E-state index < -0.39 is 0 Å². The van der Waals surface area contributed by atoms with Crippen LogP contribution in [0.1, 0.15) is 0 Å². The molecule has 0 bridgehead atoms. The Balaban J connectivity index is 2.32. The molecule has 0 aliphatic heterocycles. The second-order valence-corrected chi connectivity index (χ2v) is 4.60. The molecule has 4 heteroatoms. The van der Waals surface area contributed by atoms with Crippen molar-refractivity contribution in [2.24, 2.45) is 0 Å². The van der Waals surface area contributed by atoms with Gasteiger partial charge < -0.3 is 15.2 Å². The number of ether oxygens (including phenoxy) is 2. The van der Waals surface area contributed by atoms with Gasteiger partial charge in [0.2, 0.25) is 0 Å². The average Bonchev–Trinajstić information content (AvgIpc) is 2.35. The molecule has 0 saturated heterocycles. The maximum absolute atomic E-state index is 5.86. The first kappa shape index (κ1) is 12.0. The van der Waals surface area contributed by atoms with E-state index in [1.165, 1.54) is 0 Å². The summed E-state index contributed by atoms with van der Waals surface area (Å²) in [5.74, 6) is 2.11. The van der Waals surface area contributed by atoms with Crippen molar-refractivity contribution in [3.05, 3.63) is 46.0 Å². The van der Waals surface area contributed by atoms with Crippen molar-refractivity contribution in [3.8, 4) is 17.2 Å². The summed E-state index contributed by atoms with van der Waals surface area (Å²) >= 11 is 2.22. The predicted molar refractivity (Wildman–Crippen MR) is 76.6 cm³/mol. The molecule has 0 heterocycles. The second kappa shape index (κ2) is 5.27. The molecule has 0 fully saturated rings. The zero-order valence-corrected chi connectivity index (χ0v) is 11.5. The molecule has 0 saturated carbocycles. The van der Waals surface area contributed by atoms with Gasteiger partial charge in [0.25, 0.3) is 0 Å². The van der Waals surface area contributed by atoms with Crippen LogP contribution in [-0.4, -0.2) is 7.11 Å². The minimum atomic E-state index is 0.588. The van der Waals surface area contributed by atoms with Gasteiger partial charge in [-0.2, -0.15) is 0 Å². The lowest BCUT2D eigenvalue weighted by molar-refractivity contribution is 0.409. The van der Waals surface area contributed by atoms with E-state index in [1.54, 1.807) is 25.3 Å². The van der Waals surface area contributed by atoms with Gasteiger partial charge in [-0.15, -0.1) is 0 Å². The van der Waals surface area contributed by atoms with Gasteiger partial charge in [0.05, 0.1) is 16.4 Å². The summed E-state index contributed by atoms with van der Waals surface area (Å²) in [7, 11) is 1.61. The van der Waals surface area contributed by atoms with Crippen LogP contribution in [0.25, 0.3) is 0 Å². The van der Waals surface area contributed by atoms with E-state index in [-0.39, 0.29) is 0 Å². The summed E-state index contributed by atoms with van der Waals surface area (Å²) in [6, 6.07) is 13.1. The highest BCUT2D eigenvalue weighted by atomic mass is 127. The van der Waals surface area contributed by atoms with Crippen molar-refractivity contribution >= 4 is 28.3 Å². The van der Waals surface area contributed by atoms with E-state index in [0.29, 0.717) is 11.4 Å². The highest BCUT2D eigenvalue weighted by Crippen LogP contribution is 2.33. The summed E-state index contributed by atoms with van der Waals surface area (Å²) in [4.78, 5) is 0. The Morgan fingerprint density at radius 3 is 2.53 bits per heavy atom. The van der Waals surface area contributed by atoms with Gasteiger partial charge in [-0.1, -0.05) is 12.1 Å². The van der Waals surface area contributed by atoms with Crippen molar-refractivity contribution in [2.45, 2.75) is 0 Å². The van der Waals surface area contributed by atoms with Crippen LogP contribution in [0, 0.1) is 3.57 Å².